The fourth-order valence-electron chi connectivity index (χ4n) is 6.61. The molecule has 0 aliphatic heterocycles. The number of hydrogen-bond donors (Lipinski definition) is 0. The number of nitrogens with zero attached hydrogens (tertiary/aromatic N) is 4. The lowest BCUT2D eigenvalue weighted by molar-refractivity contribution is 1.17. The van der Waals surface area contributed by atoms with E-state index in [9.17, 15) is 0 Å². The van der Waals surface area contributed by atoms with Gasteiger partial charge in [0.2, 0.25) is 0 Å². The molecule has 0 saturated carbocycles. The number of rotatable bonds is 0. The molecule has 0 spiro atoms. The number of hydrogen-bond acceptors (Lipinski definition) is 3. The second kappa shape index (κ2) is 6.10. The molecule has 0 saturated heterocycles. The van der Waals surface area contributed by atoms with Crippen LogP contribution in [-0.4, -0.2) is 19.4 Å². The molecule has 9 rings (SSSR count). The van der Waals surface area contributed by atoms with Gasteiger partial charge in [0.05, 0.1) is 23.4 Å². The van der Waals surface area contributed by atoms with E-state index in [0.717, 1.165) is 35.0 Å². The van der Waals surface area contributed by atoms with Gasteiger partial charge in [0.25, 0.3) is 0 Å². The van der Waals surface area contributed by atoms with E-state index in [1.165, 1.54) is 60.7 Å². The first-order valence-electron chi connectivity index (χ1n) is 12.0. The third-order valence-electron chi connectivity index (χ3n) is 8.07. The van der Waals surface area contributed by atoms with Crippen molar-refractivity contribution in [1.82, 2.24) is 19.4 Å². The zero-order valence-electron chi connectivity index (χ0n) is 18.8. The van der Waals surface area contributed by atoms with Crippen LogP contribution in [0, 0.1) is 0 Å². The fourth-order valence-corrected chi connectivity index (χ4v) is 6.61. The summed E-state index contributed by atoms with van der Waals surface area (Å²) in [6.07, 6.45) is 9.50. The molecule has 4 heterocycles. The number of benzene rings is 3. The molecule has 0 amide bonds. The van der Waals surface area contributed by atoms with Crippen LogP contribution in [0.3, 0.4) is 0 Å². The average Bonchev–Trinajstić information content (AvgIpc) is 3.59. The molecule has 0 unspecified atom stereocenters. The molecule has 4 nitrogen and oxygen atoms in total. The van der Waals surface area contributed by atoms with E-state index in [4.69, 9.17) is 4.98 Å². The van der Waals surface area contributed by atoms with Gasteiger partial charge in [0.15, 0.2) is 0 Å². The van der Waals surface area contributed by atoms with Crippen LogP contribution in [0.1, 0.15) is 22.3 Å². The van der Waals surface area contributed by atoms with E-state index in [0.29, 0.717) is 0 Å². The minimum absolute atomic E-state index is 0.912. The summed E-state index contributed by atoms with van der Waals surface area (Å²) in [4.78, 5) is 13.9. The van der Waals surface area contributed by atoms with Gasteiger partial charge < -0.3 is 0 Å². The minimum Gasteiger partial charge on any atom is -0.290 e. The van der Waals surface area contributed by atoms with E-state index in [1.807, 2.05) is 24.8 Å². The van der Waals surface area contributed by atoms with E-state index in [2.05, 4.69) is 75.0 Å². The number of fused-ring (bicyclic) bond motifs is 16. The highest BCUT2D eigenvalue weighted by Crippen LogP contribution is 2.49. The Balaban J connectivity index is 1.41. The lowest BCUT2D eigenvalue weighted by Crippen LogP contribution is -1.95. The Morgan fingerprint density at radius 2 is 1.37 bits per heavy atom. The van der Waals surface area contributed by atoms with Crippen LogP contribution in [0.25, 0.3) is 60.6 Å². The monoisotopic (exact) mass is 446 g/mol. The van der Waals surface area contributed by atoms with Gasteiger partial charge in [-0.05, 0) is 74.9 Å². The van der Waals surface area contributed by atoms with Crippen LogP contribution < -0.4 is 0 Å². The smallest absolute Gasteiger partial charge is 0.146 e. The average molecular weight is 447 g/mol. The number of pyridine rings is 3. The van der Waals surface area contributed by atoms with Gasteiger partial charge in [-0.2, -0.15) is 0 Å². The van der Waals surface area contributed by atoms with Crippen molar-refractivity contribution in [2.45, 2.75) is 12.8 Å². The number of imidazole rings is 1. The summed E-state index contributed by atoms with van der Waals surface area (Å²) in [7, 11) is 0. The molecule has 0 atom stereocenters. The molecule has 0 bridgehead atoms. The van der Waals surface area contributed by atoms with Crippen LogP contribution in [0.5, 0.6) is 0 Å². The van der Waals surface area contributed by atoms with Crippen molar-refractivity contribution in [1.29, 1.82) is 0 Å². The quantitative estimate of drug-likeness (QED) is 0.243. The summed E-state index contributed by atoms with van der Waals surface area (Å²) in [5.74, 6) is 0. The highest BCUT2D eigenvalue weighted by molar-refractivity contribution is 6.16. The third kappa shape index (κ3) is 2.11. The van der Waals surface area contributed by atoms with E-state index >= 15 is 0 Å². The summed E-state index contributed by atoms with van der Waals surface area (Å²) in [6, 6.07) is 22.3. The number of aromatic nitrogens is 4. The van der Waals surface area contributed by atoms with Crippen LogP contribution in [-0.2, 0) is 12.8 Å². The predicted octanol–water partition coefficient (Wildman–Crippen LogP) is 6.73. The zero-order chi connectivity index (χ0) is 22.7. The van der Waals surface area contributed by atoms with Crippen molar-refractivity contribution in [3.8, 4) is 22.3 Å². The molecule has 35 heavy (non-hydrogen) atoms. The summed E-state index contributed by atoms with van der Waals surface area (Å²) in [6.45, 7) is 0. The van der Waals surface area contributed by atoms with Crippen molar-refractivity contribution >= 4 is 38.4 Å². The second-order valence-corrected chi connectivity index (χ2v) is 9.67. The first-order valence-corrected chi connectivity index (χ1v) is 12.0. The maximum absolute atomic E-state index is 5.11. The molecule has 0 N–H and O–H groups in total. The van der Waals surface area contributed by atoms with Crippen molar-refractivity contribution in [2.75, 3.05) is 0 Å². The molecule has 0 fully saturated rings. The molecule has 162 valence electrons. The second-order valence-electron chi connectivity index (χ2n) is 9.67. The van der Waals surface area contributed by atoms with Crippen LogP contribution in [0.4, 0.5) is 0 Å². The van der Waals surface area contributed by atoms with Crippen molar-refractivity contribution in [2.24, 2.45) is 0 Å². The third-order valence-corrected chi connectivity index (χ3v) is 8.07. The SMILES string of the molecule is c1ccc2c(c1)Cc1c-2ccc2c1Cc1c-2ccc2c3ccncc3n3c4ccncc4nc3c12. The topological polar surface area (TPSA) is 43.1 Å². The lowest BCUT2D eigenvalue weighted by atomic mass is 9.96. The minimum atomic E-state index is 0.912. The lowest BCUT2D eigenvalue weighted by Gasteiger charge is -2.12. The first kappa shape index (κ1) is 17.8. The van der Waals surface area contributed by atoms with Crippen molar-refractivity contribution in [3.63, 3.8) is 0 Å². The maximum Gasteiger partial charge on any atom is 0.146 e. The first-order chi connectivity index (χ1) is 17.4. The normalized spacial score (nSPS) is 13.5. The van der Waals surface area contributed by atoms with Gasteiger partial charge in [-0.25, -0.2) is 4.98 Å². The van der Waals surface area contributed by atoms with E-state index < -0.39 is 0 Å². The molecule has 4 aromatic heterocycles. The Bertz CT molecular complexity index is 2070. The highest BCUT2D eigenvalue weighted by Gasteiger charge is 2.30. The Labute approximate surface area is 200 Å². The molecule has 3 aromatic carbocycles. The van der Waals surface area contributed by atoms with Crippen LogP contribution in [0.15, 0.2) is 85.5 Å². The molecule has 2 aliphatic rings. The summed E-state index contributed by atoms with van der Waals surface area (Å²) >= 11 is 0. The molecule has 0 radical (unpaired) electrons. The summed E-state index contributed by atoms with van der Waals surface area (Å²) in [5.41, 5.74) is 15.3. The molecule has 4 heteroatoms. The Morgan fingerprint density at radius 3 is 2.34 bits per heavy atom. The van der Waals surface area contributed by atoms with Gasteiger partial charge in [-0.3, -0.25) is 14.4 Å². The van der Waals surface area contributed by atoms with Gasteiger partial charge in [0.1, 0.15) is 11.2 Å². The molecular weight excluding hydrogens is 428 g/mol. The summed E-state index contributed by atoms with van der Waals surface area (Å²) in [5, 5.41) is 3.69. The molecule has 2 aliphatic carbocycles. The van der Waals surface area contributed by atoms with Gasteiger partial charge in [-0.1, -0.05) is 48.5 Å². The largest absolute Gasteiger partial charge is 0.290 e. The van der Waals surface area contributed by atoms with Gasteiger partial charge in [-0.15, -0.1) is 0 Å². The van der Waals surface area contributed by atoms with Crippen molar-refractivity contribution in [3.05, 3.63) is 108 Å². The Morgan fingerprint density at radius 1 is 0.600 bits per heavy atom. The van der Waals surface area contributed by atoms with Gasteiger partial charge in [0, 0.05) is 23.2 Å². The maximum atomic E-state index is 5.11. The Kier molecular flexibility index (Phi) is 3.11. The molecular formula is C31H18N4. The van der Waals surface area contributed by atoms with Crippen molar-refractivity contribution < 1.29 is 0 Å². The van der Waals surface area contributed by atoms with Gasteiger partial charge >= 0.3 is 0 Å². The summed E-state index contributed by atoms with van der Waals surface area (Å²) < 4.78 is 2.27. The fraction of sp³-hybridized carbons (Fsp3) is 0.0645. The van der Waals surface area contributed by atoms with E-state index in [-0.39, 0.29) is 0 Å². The standard InChI is InChI=1S/C31H18N4/c1-2-4-18-17(3-1)13-24-19(18)5-6-20-21-7-8-23-22-9-11-33-16-29(22)35-28-10-12-32-15-27(28)34-31(35)30(23)26(21)14-25(20)24/h1-12,15-16H,13-14H2. The van der Waals surface area contributed by atoms with Crippen LogP contribution in [0.2, 0.25) is 0 Å². The Hall–Kier alpha value is -4.57. The zero-order valence-corrected chi connectivity index (χ0v) is 18.8. The van der Waals surface area contributed by atoms with E-state index in [1.54, 1.807) is 0 Å². The molecule has 7 aromatic rings. The van der Waals surface area contributed by atoms with Crippen LogP contribution >= 0.6 is 0 Å². The predicted molar refractivity (Wildman–Crippen MR) is 140 cm³/mol. The highest BCUT2D eigenvalue weighted by atomic mass is 15.0.